The Morgan fingerprint density at radius 1 is 1.18 bits per heavy atom. The third-order valence-corrected chi connectivity index (χ3v) is 9.12. The maximum atomic E-state index is 13.0. The van der Waals surface area contributed by atoms with E-state index in [1.54, 1.807) is 16.4 Å². The van der Waals surface area contributed by atoms with E-state index in [4.69, 9.17) is 0 Å². The molecule has 0 bridgehead atoms. The van der Waals surface area contributed by atoms with Crippen molar-refractivity contribution in [2.45, 2.75) is 48.9 Å². The lowest BCUT2D eigenvalue weighted by atomic mass is 10.2. The van der Waals surface area contributed by atoms with Gasteiger partial charge in [0.2, 0.25) is 5.91 Å². The Kier molecular flexibility index (Phi) is 5.92. The summed E-state index contributed by atoms with van der Waals surface area (Å²) in [6.07, 6.45) is 4.17. The fourth-order valence-corrected chi connectivity index (χ4v) is 7.00. The molecule has 1 aliphatic carbocycles. The number of amides is 1. The number of sulfonamides is 1. The molecule has 1 saturated heterocycles. The van der Waals surface area contributed by atoms with Crippen molar-refractivity contribution in [2.24, 2.45) is 0 Å². The molecule has 2 aliphatic rings. The third kappa shape index (κ3) is 4.50. The molecule has 1 amide bonds. The van der Waals surface area contributed by atoms with Gasteiger partial charge in [0, 0.05) is 35.0 Å². The topological polar surface area (TPSA) is 57.7 Å². The standard InChI is InChI=1S/C20H23BrN2O3S2/c21-16-5-3-4-15(12-16)14-23(17-6-7-17)19(24)13-18-8-9-20(27-18)28(25,26)22-10-1-2-11-22/h3-5,8-9,12,17H,1-2,6-7,10-11,13-14H2. The monoisotopic (exact) mass is 482 g/mol. The van der Waals surface area contributed by atoms with Crippen LogP contribution in [0, 0.1) is 0 Å². The van der Waals surface area contributed by atoms with Gasteiger partial charge in [-0.15, -0.1) is 11.3 Å². The fraction of sp³-hybridized carbons (Fsp3) is 0.450. The quantitative estimate of drug-likeness (QED) is 0.598. The average molecular weight is 483 g/mol. The van der Waals surface area contributed by atoms with Crippen LogP contribution in [0.4, 0.5) is 0 Å². The predicted octanol–water partition coefficient (Wildman–Crippen LogP) is 4.03. The second kappa shape index (κ2) is 8.26. The predicted molar refractivity (Wildman–Crippen MR) is 114 cm³/mol. The van der Waals surface area contributed by atoms with Crippen LogP contribution in [-0.2, 0) is 27.8 Å². The SMILES string of the molecule is O=C(Cc1ccc(S(=O)(=O)N2CCCC2)s1)N(Cc1cccc(Br)c1)C1CC1. The lowest BCUT2D eigenvalue weighted by Crippen LogP contribution is -2.33. The Morgan fingerprint density at radius 2 is 1.93 bits per heavy atom. The minimum atomic E-state index is -3.41. The molecule has 1 aromatic heterocycles. The molecule has 1 aromatic carbocycles. The molecule has 5 nitrogen and oxygen atoms in total. The second-order valence-corrected chi connectivity index (χ2v) is 11.6. The van der Waals surface area contributed by atoms with E-state index in [0.717, 1.165) is 40.6 Å². The molecule has 2 heterocycles. The third-order valence-electron chi connectivity index (χ3n) is 5.17. The highest BCUT2D eigenvalue weighted by atomic mass is 79.9. The van der Waals surface area contributed by atoms with Crippen LogP contribution < -0.4 is 0 Å². The Balaban J connectivity index is 1.45. The highest BCUT2D eigenvalue weighted by Gasteiger charge is 2.33. The molecule has 0 radical (unpaired) electrons. The first-order chi connectivity index (χ1) is 13.4. The molecule has 1 aliphatic heterocycles. The highest BCUT2D eigenvalue weighted by molar-refractivity contribution is 9.10. The van der Waals surface area contributed by atoms with Crippen molar-refractivity contribution in [3.05, 3.63) is 51.3 Å². The summed E-state index contributed by atoms with van der Waals surface area (Å²) in [5.74, 6) is 0.0643. The summed E-state index contributed by atoms with van der Waals surface area (Å²) >= 11 is 4.71. The summed E-state index contributed by atoms with van der Waals surface area (Å²) in [5.41, 5.74) is 1.10. The van der Waals surface area contributed by atoms with Crippen LogP contribution in [-0.4, -0.2) is 42.7 Å². The van der Waals surface area contributed by atoms with Crippen molar-refractivity contribution in [3.63, 3.8) is 0 Å². The van der Waals surface area contributed by atoms with Gasteiger partial charge in [-0.05, 0) is 55.5 Å². The summed E-state index contributed by atoms with van der Waals surface area (Å²) in [7, 11) is -3.41. The molecular formula is C20H23BrN2O3S2. The van der Waals surface area contributed by atoms with Crippen LogP contribution in [0.25, 0.3) is 0 Å². The molecule has 28 heavy (non-hydrogen) atoms. The minimum absolute atomic E-state index is 0.0643. The van der Waals surface area contributed by atoms with Gasteiger partial charge in [0.1, 0.15) is 4.21 Å². The van der Waals surface area contributed by atoms with Crippen molar-refractivity contribution in [2.75, 3.05) is 13.1 Å². The van der Waals surface area contributed by atoms with Crippen LogP contribution in [0.1, 0.15) is 36.1 Å². The van der Waals surface area contributed by atoms with E-state index in [1.807, 2.05) is 29.2 Å². The Labute approximate surface area is 178 Å². The van der Waals surface area contributed by atoms with Crippen molar-refractivity contribution in [1.29, 1.82) is 0 Å². The van der Waals surface area contributed by atoms with Gasteiger partial charge in [-0.25, -0.2) is 8.42 Å². The number of thiophene rings is 1. The Hall–Kier alpha value is -1.22. The molecule has 0 spiro atoms. The van der Waals surface area contributed by atoms with Crippen LogP contribution in [0.15, 0.2) is 45.1 Å². The van der Waals surface area contributed by atoms with E-state index in [-0.39, 0.29) is 12.3 Å². The summed E-state index contributed by atoms with van der Waals surface area (Å²) in [4.78, 5) is 15.7. The van der Waals surface area contributed by atoms with E-state index < -0.39 is 10.0 Å². The largest absolute Gasteiger partial charge is 0.335 e. The first kappa shape index (κ1) is 20.1. The molecule has 4 rings (SSSR count). The van der Waals surface area contributed by atoms with Crippen LogP contribution in [0.2, 0.25) is 0 Å². The number of carbonyl (C=O) groups excluding carboxylic acids is 1. The summed E-state index contributed by atoms with van der Waals surface area (Å²) in [6.45, 7) is 1.78. The average Bonchev–Trinajstić information content (AvgIpc) is 3.14. The minimum Gasteiger partial charge on any atom is -0.335 e. The normalized spacial score (nSPS) is 17.8. The van der Waals surface area contributed by atoms with Crippen molar-refractivity contribution < 1.29 is 13.2 Å². The maximum Gasteiger partial charge on any atom is 0.252 e. The van der Waals surface area contributed by atoms with Crippen LogP contribution >= 0.6 is 27.3 Å². The van der Waals surface area contributed by atoms with Crippen molar-refractivity contribution in [1.82, 2.24) is 9.21 Å². The molecular weight excluding hydrogens is 460 g/mol. The van der Waals surface area contributed by atoms with Gasteiger partial charge >= 0.3 is 0 Å². The van der Waals surface area contributed by atoms with E-state index >= 15 is 0 Å². The van der Waals surface area contributed by atoms with Crippen molar-refractivity contribution in [3.8, 4) is 0 Å². The van der Waals surface area contributed by atoms with Gasteiger partial charge in [-0.3, -0.25) is 4.79 Å². The van der Waals surface area contributed by atoms with Gasteiger partial charge < -0.3 is 4.90 Å². The summed E-state index contributed by atoms with van der Waals surface area (Å²) < 4.78 is 28.3. The van der Waals surface area contributed by atoms with E-state index in [9.17, 15) is 13.2 Å². The first-order valence-corrected chi connectivity index (χ1v) is 12.6. The molecule has 0 atom stereocenters. The number of halogens is 1. The number of carbonyl (C=O) groups is 1. The molecule has 2 aromatic rings. The zero-order valence-corrected chi connectivity index (χ0v) is 18.7. The Bertz CT molecular complexity index is 963. The summed E-state index contributed by atoms with van der Waals surface area (Å²) in [6, 6.07) is 11.8. The van der Waals surface area contributed by atoms with Crippen LogP contribution in [0.3, 0.4) is 0 Å². The van der Waals surface area contributed by atoms with Gasteiger partial charge in [0.15, 0.2) is 0 Å². The summed E-state index contributed by atoms with van der Waals surface area (Å²) in [5, 5.41) is 0. The molecule has 2 fully saturated rings. The number of nitrogens with zero attached hydrogens (tertiary/aromatic N) is 2. The zero-order valence-electron chi connectivity index (χ0n) is 15.5. The molecule has 1 saturated carbocycles. The lowest BCUT2D eigenvalue weighted by molar-refractivity contribution is -0.131. The Morgan fingerprint density at radius 3 is 2.61 bits per heavy atom. The smallest absolute Gasteiger partial charge is 0.252 e. The maximum absolute atomic E-state index is 13.0. The van der Waals surface area contributed by atoms with Gasteiger partial charge in [-0.1, -0.05) is 28.1 Å². The van der Waals surface area contributed by atoms with Crippen LogP contribution in [0.5, 0.6) is 0 Å². The number of hydrogen-bond acceptors (Lipinski definition) is 4. The second-order valence-electron chi connectivity index (χ2n) is 7.39. The number of hydrogen-bond donors (Lipinski definition) is 0. The molecule has 8 heteroatoms. The highest BCUT2D eigenvalue weighted by Crippen LogP contribution is 2.31. The molecule has 0 N–H and O–H groups in total. The van der Waals surface area contributed by atoms with E-state index in [1.165, 1.54) is 11.3 Å². The number of rotatable bonds is 7. The fourth-order valence-electron chi connectivity index (χ4n) is 3.54. The van der Waals surface area contributed by atoms with Gasteiger partial charge in [-0.2, -0.15) is 4.31 Å². The van der Waals surface area contributed by atoms with Gasteiger partial charge in [0.25, 0.3) is 10.0 Å². The lowest BCUT2D eigenvalue weighted by Gasteiger charge is -2.22. The zero-order chi connectivity index (χ0) is 19.7. The number of benzene rings is 1. The molecule has 0 unspecified atom stereocenters. The first-order valence-electron chi connectivity index (χ1n) is 9.56. The van der Waals surface area contributed by atoms with Crippen molar-refractivity contribution >= 4 is 43.2 Å². The molecule has 150 valence electrons. The van der Waals surface area contributed by atoms with E-state index in [2.05, 4.69) is 15.9 Å². The van der Waals surface area contributed by atoms with E-state index in [0.29, 0.717) is 29.9 Å². The van der Waals surface area contributed by atoms with Gasteiger partial charge in [0.05, 0.1) is 6.42 Å².